The van der Waals surface area contributed by atoms with Gasteiger partial charge in [0.05, 0.1) is 7.11 Å². The van der Waals surface area contributed by atoms with Crippen molar-refractivity contribution in [3.63, 3.8) is 0 Å². The molecule has 0 unspecified atom stereocenters. The van der Waals surface area contributed by atoms with Gasteiger partial charge >= 0.3 is 5.91 Å². The average Bonchev–Trinajstić information content (AvgIpc) is 2.32. The second-order valence-electron chi connectivity index (χ2n) is 3.93. The van der Waals surface area contributed by atoms with Crippen molar-refractivity contribution in [2.75, 3.05) is 7.11 Å². The number of hydrogen-bond donors (Lipinski definition) is 1. The van der Waals surface area contributed by atoms with E-state index in [0.717, 1.165) is 28.0 Å². The summed E-state index contributed by atoms with van der Waals surface area (Å²) < 4.78 is 5.32. The van der Waals surface area contributed by atoms with E-state index in [9.17, 15) is 4.79 Å². The van der Waals surface area contributed by atoms with Crippen LogP contribution in [0.4, 0.5) is 0 Å². The van der Waals surface area contributed by atoms with Crippen LogP contribution in [-0.2, 0) is 11.3 Å². The Morgan fingerprint density at radius 1 is 1.41 bits per heavy atom. The lowest BCUT2D eigenvalue weighted by Gasteiger charge is -2.15. The Hall–Kier alpha value is -2.02. The molecule has 0 aliphatic heterocycles. The number of carbonyl (C=O) groups excluding carboxylic acids is 1. The topological polar surface area (TPSA) is 62.1 Å². The molecule has 0 saturated heterocycles. The third-order valence-corrected chi connectivity index (χ3v) is 2.88. The maximum atomic E-state index is 10.9. The molecule has 4 heteroatoms. The zero-order valence-electron chi connectivity index (χ0n) is 10.5. The number of hydrogen-bond acceptors (Lipinski definition) is 3. The van der Waals surface area contributed by atoms with E-state index in [-0.39, 0.29) is 0 Å². The van der Waals surface area contributed by atoms with Gasteiger partial charge in [-0.2, -0.15) is 5.26 Å². The molecule has 0 fully saturated rings. The monoisotopic (exact) mass is 232 g/mol. The molecule has 1 amide bonds. The summed E-state index contributed by atoms with van der Waals surface area (Å²) in [6.45, 7) is 6.28. The van der Waals surface area contributed by atoms with Gasteiger partial charge in [0.15, 0.2) is 6.07 Å². The minimum absolute atomic E-state index is 0.365. The first kappa shape index (κ1) is 13.0. The van der Waals surface area contributed by atoms with Crippen LogP contribution < -0.4 is 10.1 Å². The Morgan fingerprint density at radius 2 is 2.06 bits per heavy atom. The Labute approximate surface area is 101 Å². The van der Waals surface area contributed by atoms with Gasteiger partial charge in [0.25, 0.3) is 0 Å². The van der Waals surface area contributed by atoms with Gasteiger partial charge in [-0.3, -0.25) is 4.79 Å². The largest absolute Gasteiger partial charge is 0.496 e. The lowest BCUT2D eigenvalue weighted by Crippen LogP contribution is -2.21. The van der Waals surface area contributed by atoms with Crippen molar-refractivity contribution in [2.45, 2.75) is 27.3 Å². The number of nitrogens with one attached hydrogen (secondary N) is 1. The molecule has 0 spiro atoms. The summed E-state index contributed by atoms with van der Waals surface area (Å²) in [6.07, 6.45) is 0. The van der Waals surface area contributed by atoms with Gasteiger partial charge in [0, 0.05) is 6.54 Å². The molecule has 0 bridgehead atoms. The van der Waals surface area contributed by atoms with Crippen LogP contribution in [-0.4, -0.2) is 13.0 Å². The first-order valence-electron chi connectivity index (χ1n) is 5.32. The van der Waals surface area contributed by atoms with Crippen molar-refractivity contribution in [1.29, 1.82) is 5.26 Å². The Bertz CT molecular complexity index is 487. The molecule has 0 saturated carbocycles. The number of nitriles is 1. The van der Waals surface area contributed by atoms with Crippen molar-refractivity contribution < 1.29 is 9.53 Å². The molecule has 0 aromatic heterocycles. The molecule has 1 aromatic carbocycles. The van der Waals surface area contributed by atoms with E-state index in [4.69, 9.17) is 10.00 Å². The number of methoxy groups -OCH3 is 1. The zero-order chi connectivity index (χ0) is 13.0. The minimum atomic E-state index is -0.615. The third-order valence-electron chi connectivity index (χ3n) is 2.88. The molecule has 90 valence electrons. The van der Waals surface area contributed by atoms with Gasteiger partial charge in [-0.1, -0.05) is 6.07 Å². The second kappa shape index (κ2) is 5.35. The van der Waals surface area contributed by atoms with Crippen LogP contribution >= 0.6 is 0 Å². The van der Waals surface area contributed by atoms with Gasteiger partial charge in [-0.15, -0.1) is 0 Å². The summed E-state index contributed by atoms with van der Waals surface area (Å²) in [7, 11) is 1.64. The van der Waals surface area contributed by atoms with Gasteiger partial charge in [-0.25, -0.2) is 0 Å². The summed E-state index contributed by atoms with van der Waals surface area (Å²) in [5.74, 6) is 0.258. The fourth-order valence-electron chi connectivity index (χ4n) is 1.85. The van der Waals surface area contributed by atoms with Gasteiger partial charge in [-0.05, 0) is 43.0 Å². The van der Waals surface area contributed by atoms with Crippen molar-refractivity contribution in [3.05, 3.63) is 28.3 Å². The zero-order valence-corrected chi connectivity index (χ0v) is 10.5. The molecule has 0 heterocycles. The molecule has 17 heavy (non-hydrogen) atoms. The predicted octanol–water partition coefficient (Wildman–Crippen LogP) is 1.76. The lowest BCUT2D eigenvalue weighted by molar-refractivity contribution is -0.116. The molecule has 0 atom stereocenters. The maximum absolute atomic E-state index is 10.9. The van der Waals surface area contributed by atoms with E-state index >= 15 is 0 Å². The van der Waals surface area contributed by atoms with Crippen molar-refractivity contribution in [1.82, 2.24) is 5.32 Å². The summed E-state index contributed by atoms with van der Waals surface area (Å²) in [5, 5.41) is 10.9. The van der Waals surface area contributed by atoms with Crippen LogP contribution in [0.2, 0.25) is 0 Å². The first-order chi connectivity index (χ1) is 8.01. The molecular weight excluding hydrogens is 216 g/mol. The SMILES string of the molecule is COc1c(C)cc(CNC(=O)C#N)c(C)c1C. The van der Waals surface area contributed by atoms with E-state index in [1.807, 2.05) is 26.8 Å². The van der Waals surface area contributed by atoms with E-state index < -0.39 is 5.91 Å². The highest BCUT2D eigenvalue weighted by molar-refractivity contribution is 5.91. The highest BCUT2D eigenvalue weighted by atomic mass is 16.5. The number of carbonyl (C=O) groups is 1. The van der Waals surface area contributed by atoms with Crippen LogP contribution in [0.3, 0.4) is 0 Å². The number of nitrogens with zero attached hydrogens (tertiary/aromatic N) is 1. The smallest absolute Gasteiger partial charge is 0.322 e. The number of rotatable bonds is 3. The lowest BCUT2D eigenvalue weighted by atomic mass is 9.98. The molecule has 1 aromatic rings. The van der Waals surface area contributed by atoms with Crippen LogP contribution in [0, 0.1) is 32.1 Å². The predicted molar refractivity (Wildman–Crippen MR) is 64.7 cm³/mol. The summed E-state index contributed by atoms with van der Waals surface area (Å²) >= 11 is 0. The molecular formula is C13H16N2O2. The third kappa shape index (κ3) is 2.76. The Balaban J connectivity index is 3.03. The van der Waals surface area contributed by atoms with E-state index in [2.05, 4.69) is 5.32 Å². The van der Waals surface area contributed by atoms with Crippen molar-refractivity contribution in [3.8, 4) is 11.8 Å². The van der Waals surface area contributed by atoms with Crippen molar-refractivity contribution >= 4 is 5.91 Å². The van der Waals surface area contributed by atoms with E-state index in [1.165, 1.54) is 6.07 Å². The van der Waals surface area contributed by atoms with Crippen LogP contribution in [0.5, 0.6) is 5.75 Å². The van der Waals surface area contributed by atoms with Crippen LogP contribution in [0.25, 0.3) is 0 Å². The fourth-order valence-corrected chi connectivity index (χ4v) is 1.85. The molecule has 0 aliphatic rings. The summed E-state index contributed by atoms with van der Waals surface area (Å²) in [4.78, 5) is 10.9. The second-order valence-corrected chi connectivity index (χ2v) is 3.93. The number of benzene rings is 1. The Kier molecular flexibility index (Phi) is 4.11. The van der Waals surface area contributed by atoms with Crippen molar-refractivity contribution in [2.24, 2.45) is 0 Å². The van der Waals surface area contributed by atoms with Gasteiger partial charge < -0.3 is 10.1 Å². The quantitative estimate of drug-likeness (QED) is 0.808. The number of amides is 1. The molecule has 0 aliphatic carbocycles. The maximum Gasteiger partial charge on any atom is 0.322 e. The highest BCUT2D eigenvalue weighted by Gasteiger charge is 2.10. The highest BCUT2D eigenvalue weighted by Crippen LogP contribution is 2.28. The van der Waals surface area contributed by atoms with Gasteiger partial charge in [0.2, 0.25) is 0 Å². The van der Waals surface area contributed by atoms with Crippen LogP contribution in [0.1, 0.15) is 22.3 Å². The normalized spacial score (nSPS) is 9.59. The fraction of sp³-hybridized carbons (Fsp3) is 0.385. The summed E-state index contributed by atoms with van der Waals surface area (Å²) in [5.41, 5.74) is 4.17. The Morgan fingerprint density at radius 3 is 2.59 bits per heavy atom. The minimum Gasteiger partial charge on any atom is -0.496 e. The molecule has 1 rings (SSSR count). The summed E-state index contributed by atoms with van der Waals surface area (Å²) in [6, 6.07) is 3.50. The van der Waals surface area contributed by atoms with E-state index in [0.29, 0.717) is 6.54 Å². The first-order valence-corrected chi connectivity index (χ1v) is 5.32. The molecule has 0 radical (unpaired) electrons. The van der Waals surface area contributed by atoms with Crippen LogP contribution in [0.15, 0.2) is 6.07 Å². The molecule has 1 N–H and O–H groups in total. The molecule has 4 nitrogen and oxygen atoms in total. The van der Waals surface area contributed by atoms with Gasteiger partial charge in [0.1, 0.15) is 5.75 Å². The number of ether oxygens (including phenoxy) is 1. The average molecular weight is 232 g/mol. The number of aryl methyl sites for hydroxylation is 1. The van der Waals surface area contributed by atoms with E-state index in [1.54, 1.807) is 7.11 Å². The standard InChI is InChI=1S/C13H16N2O2/c1-8-5-11(7-15-12(16)6-14)9(2)10(3)13(8)17-4/h5H,7H2,1-4H3,(H,15,16).